The van der Waals surface area contributed by atoms with Crippen LogP contribution in [0.25, 0.3) is 0 Å². The van der Waals surface area contributed by atoms with Crippen molar-refractivity contribution in [2.75, 3.05) is 11.9 Å². The van der Waals surface area contributed by atoms with Gasteiger partial charge in [-0.1, -0.05) is 18.6 Å². The first-order valence-corrected chi connectivity index (χ1v) is 7.38. The fraction of sp³-hybridized carbons (Fsp3) is 0.562. The highest BCUT2D eigenvalue weighted by molar-refractivity contribution is 5.94. The minimum atomic E-state index is -0.878. The molecule has 20 heavy (non-hydrogen) atoms. The molecule has 1 aromatic carbocycles. The van der Waals surface area contributed by atoms with Crippen molar-refractivity contribution < 1.29 is 14.6 Å². The van der Waals surface area contributed by atoms with Gasteiger partial charge in [0.05, 0.1) is 11.7 Å². The summed E-state index contributed by atoms with van der Waals surface area (Å²) >= 11 is 0. The van der Waals surface area contributed by atoms with E-state index in [0.29, 0.717) is 17.7 Å². The summed E-state index contributed by atoms with van der Waals surface area (Å²) in [5, 5.41) is 12.7. The van der Waals surface area contributed by atoms with E-state index in [1.807, 2.05) is 19.1 Å². The molecule has 2 aliphatic rings. The molecular weight excluding hydrogens is 254 g/mol. The highest BCUT2D eigenvalue weighted by Crippen LogP contribution is 2.58. The average molecular weight is 275 g/mol. The van der Waals surface area contributed by atoms with Gasteiger partial charge in [-0.05, 0) is 38.3 Å². The summed E-state index contributed by atoms with van der Waals surface area (Å²) in [5.41, 5.74) is 1.31. The first-order chi connectivity index (χ1) is 9.67. The Bertz CT molecular complexity index is 510. The summed E-state index contributed by atoms with van der Waals surface area (Å²) < 4.78 is 5.82. The van der Waals surface area contributed by atoms with Gasteiger partial charge in [0.1, 0.15) is 0 Å². The zero-order valence-electron chi connectivity index (χ0n) is 11.8. The highest BCUT2D eigenvalue weighted by atomic mass is 16.5. The predicted octanol–water partition coefficient (Wildman–Crippen LogP) is 3.14. The molecule has 0 heterocycles. The molecule has 2 fully saturated rings. The number of carboxylic acid groups (broad SMARTS) is 1. The van der Waals surface area contributed by atoms with Gasteiger partial charge in [0.15, 0.2) is 0 Å². The minimum Gasteiger partial charge on any atom is -0.478 e. The SMILES string of the molecule is CCOC1CC(Nc2ccccc2C(=O)O)C12CCC2. The number of ether oxygens (including phenoxy) is 1. The molecule has 0 bridgehead atoms. The van der Waals surface area contributed by atoms with Crippen LogP contribution < -0.4 is 5.32 Å². The van der Waals surface area contributed by atoms with E-state index in [2.05, 4.69) is 5.32 Å². The van der Waals surface area contributed by atoms with Crippen molar-refractivity contribution >= 4 is 11.7 Å². The lowest BCUT2D eigenvalue weighted by Gasteiger charge is -2.61. The van der Waals surface area contributed by atoms with E-state index in [4.69, 9.17) is 4.74 Å². The molecule has 2 unspecified atom stereocenters. The molecule has 2 atom stereocenters. The number of benzene rings is 1. The summed E-state index contributed by atoms with van der Waals surface area (Å²) in [4.78, 5) is 11.3. The predicted molar refractivity (Wildman–Crippen MR) is 77.1 cm³/mol. The maximum absolute atomic E-state index is 11.3. The number of aromatic carboxylic acids is 1. The van der Waals surface area contributed by atoms with E-state index in [9.17, 15) is 9.90 Å². The first-order valence-electron chi connectivity index (χ1n) is 7.38. The third-order valence-corrected chi connectivity index (χ3v) is 4.92. The Balaban J connectivity index is 1.75. The van der Waals surface area contributed by atoms with Crippen molar-refractivity contribution in [1.29, 1.82) is 0 Å². The standard InChI is InChI=1S/C16H21NO3/c1-2-20-14-10-13(16(14)8-5-9-16)17-12-7-4-3-6-11(12)15(18)19/h3-4,6-7,13-14,17H,2,5,8-10H2,1H3,(H,18,19). The minimum absolute atomic E-state index is 0.238. The Morgan fingerprint density at radius 1 is 1.45 bits per heavy atom. The Hall–Kier alpha value is -1.55. The molecule has 4 nitrogen and oxygen atoms in total. The molecule has 4 heteroatoms. The second-order valence-corrected chi connectivity index (χ2v) is 5.81. The number of hydrogen-bond donors (Lipinski definition) is 2. The molecule has 2 saturated carbocycles. The zero-order chi connectivity index (χ0) is 14.2. The van der Waals surface area contributed by atoms with Gasteiger partial charge in [-0.15, -0.1) is 0 Å². The smallest absolute Gasteiger partial charge is 0.337 e. The van der Waals surface area contributed by atoms with Crippen LogP contribution in [0.5, 0.6) is 0 Å². The van der Waals surface area contributed by atoms with Crippen molar-refractivity contribution in [3.8, 4) is 0 Å². The number of para-hydroxylation sites is 1. The third-order valence-electron chi connectivity index (χ3n) is 4.92. The van der Waals surface area contributed by atoms with Gasteiger partial charge < -0.3 is 15.2 Å². The van der Waals surface area contributed by atoms with E-state index >= 15 is 0 Å². The Labute approximate surface area is 119 Å². The number of carboxylic acids is 1. The van der Waals surface area contributed by atoms with E-state index in [0.717, 1.165) is 18.7 Å². The van der Waals surface area contributed by atoms with Crippen LogP contribution >= 0.6 is 0 Å². The molecule has 2 aliphatic carbocycles. The highest BCUT2D eigenvalue weighted by Gasteiger charge is 2.59. The largest absolute Gasteiger partial charge is 0.478 e. The van der Waals surface area contributed by atoms with E-state index < -0.39 is 5.97 Å². The van der Waals surface area contributed by atoms with Crippen LogP contribution in [0, 0.1) is 5.41 Å². The van der Waals surface area contributed by atoms with Crippen LogP contribution in [0.4, 0.5) is 5.69 Å². The fourth-order valence-electron chi connectivity index (χ4n) is 3.62. The van der Waals surface area contributed by atoms with Crippen molar-refractivity contribution in [3.05, 3.63) is 29.8 Å². The average Bonchev–Trinajstić information content (AvgIpc) is 2.35. The van der Waals surface area contributed by atoms with E-state index in [1.54, 1.807) is 12.1 Å². The van der Waals surface area contributed by atoms with Crippen LogP contribution in [-0.4, -0.2) is 29.8 Å². The molecule has 0 radical (unpaired) electrons. The van der Waals surface area contributed by atoms with Gasteiger partial charge in [0.2, 0.25) is 0 Å². The molecular formula is C16H21NO3. The van der Waals surface area contributed by atoms with Gasteiger partial charge in [-0.3, -0.25) is 0 Å². The summed E-state index contributed by atoms with van der Waals surface area (Å²) in [6.07, 6.45) is 4.94. The molecule has 2 N–H and O–H groups in total. The van der Waals surface area contributed by atoms with Gasteiger partial charge >= 0.3 is 5.97 Å². The zero-order valence-corrected chi connectivity index (χ0v) is 11.8. The molecule has 0 aliphatic heterocycles. The topological polar surface area (TPSA) is 58.6 Å². The molecule has 1 spiro atoms. The molecule has 3 rings (SSSR count). The van der Waals surface area contributed by atoms with Crippen molar-refractivity contribution in [3.63, 3.8) is 0 Å². The third kappa shape index (κ3) is 1.99. The van der Waals surface area contributed by atoms with Crippen LogP contribution in [0.1, 0.15) is 43.0 Å². The van der Waals surface area contributed by atoms with Crippen LogP contribution in [0.15, 0.2) is 24.3 Å². The Morgan fingerprint density at radius 3 is 2.80 bits per heavy atom. The Kier molecular flexibility index (Phi) is 3.42. The summed E-state index contributed by atoms with van der Waals surface area (Å²) in [5.74, 6) is -0.878. The van der Waals surface area contributed by atoms with Crippen molar-refractivity contribution in [2.45, 2.75) is 44.8 Å². The van der Waals surface area contributed by atoms with Gasteiger partial charge in [0.25, 0.3) is 0 Å². The Morgan fingerprint density at radius 2 is 2.20 bits per heavy atom. The molecule has 0 aromatic heterocycles. The molecule has 0 amide bonds. The van der Waals surface area contributed by atoms with Crippen LogP contribution in [-0.2, 0) is 4.74 Å². The van der Waals surface area contributed by atoms with Crippen molar-refractivity contribution in [2.24, 2.45) is 5.41 Å². The summed E-state index contributed by atoms with van der Waals surface area (Å²) in [6.45, 7) is 2.79. The van der Waals surface area contributed by atoms with E-state index in [1.165, 1.54) is 19.3 Å². The van der Waals surface area contributed by atoms with Crippen LogP contribution in [0.2, 0.25) is 0 Å². The lowest BCUT2D eigenvalue weighted by Crippen LogP contribution is -2.64. The maximum atomic E-state index is 11.3. The second-order valence-electron chi connectivity index (χ2n) is 5.81. The fourth-order valence-corrected chi connectivity index (χ4v) is 3.62. The summed E-state index contributed by atoms with van der Waals surface area (Å²) in [7, 11) is 0. The quantitative estimate of drug-likeness (QED) is 0.866. The molecule has 108 valence electrons. The first kappa shape index (κ1) is 13.4. The number of hydrogen-bond acceptors (Lipinski definition) is 3. The van der Waals surface area contributed by atoms with Gasteiger partial charge in [0, 0.05) is 23.8 Å². The normalized spacial score (nSPS) is 26.6. The maximum Gasteiger partial charge on any atom is 0.337 e. The van der Waals surface area contributed by atoms with Gasteiger partial charge in [-0.2, -0.15) is 0 Å². The lowest BCUT2D eigenvalue weighted by molar-refractivity contribution is -0.157. The number of nitrogens with one attached hydrogen (secondary N) is 1. The number of anilines is 1. The van der Waals surface area contributed by atoms with Crippen LogP contribution in [0.3, 0.4) is 0 Å². The molecule has 0 saturated heterocycles. The van der Waals surface area contributed by atoms with Crippen molar-refractivity contribution in [1.82, 2.24) is 0 Å². The van der Waals surface area contributed by atoms with Gasteiger partial charge in [-0.25, -0.2) is 4.79 Å². The summed E-state index contributed by atoms with van der Waals surface area (Å²) in [6, 6.07) is 7.48. The second kappa shape index (κ2) is 5.09. The number of carbonyl (C=O) groups is 1. The van der Waals surface area contributed by atoms with E-state index in [-0.39, 0.29) is 5.41 Å². The number of rotatable bonds is 5. The lowest BCUT2D eigenvalue weighted by atomic mass is 9.51. The molecule has 1 aromatic rings. The monoisotopic (exact) mass is 275 g/mol.